The van der Waals surface area contributed by atoms with Crippen molar-refractivity contribution < 1.29 is 14.7 Å². The summed E-state index contributed by atoms with van der Waals surface area (Å²) in [5, 5.41) is 21.0. The number of ketones is 1. The SMILES string of the molecule is O=C1C(=O)N(c2nnc(SCc3ccc(Cl)cc3Cl)s2)C(c2ccccc2)/C1=C(/O)c1ccc(Br)cc1. The third-order valence-corrected chi connectivity index (χ3v) is 8.87. The van der Waals surface area contributed by atoms with Crippen LogP contribution in [0.15, 0.2) is 87.2 Å². The topological polar surface area (TPSA) is 83.4 Å². The predicted molar refractivity (Wildman–Crippen MR) is 151 cm³/mol. The lowest BCUT2D eigenvalue weighted by molar-refractivity contribution is -0.132. The maximum Gasteiger partial charge on any atom is 0.301 e. The van der Waals surface area contributed by atoms with Crippen molar-refractivity contribution in [2.45, 2.75) is 16.1 Å². The molecular formula is C26H16BrCl2N3O3S2. The van der Waals surface area contributed by atoms with Gasteiger partial charge in [-0.1, -0.05) is 111 Å². The van der Waals surface area contributed by atoms with Gasteiger partial charge in [0.15, 0.2) is 4.34 Å². The molecule has 1 aliphatic heterocycles. The molecule has 1 unspecified atom stereocenters. The number of anilines is 1. The maximum absolute atomic E-state index is 13.3. The van der Waals surface area contributed by atoms with Gasteiger partial charge in [0.25, 0.3) is 5.78 Å². The van der Waals surface area contributed by atoms with Crippen LogP contribution in [-0.4, -0.2) is 27.0 Å². The van der Waals surface area contributed by atoms with E-state index in [1.165, 1.54) is 28.0 Å². The monoisotopic (exact) mass is 631 g/mol. The Kier molecular flexibility index (Phi) is 7.69. The van der Waals surface area contributed by atoms with Crippen LogP contribution in [0.25, 0.3) is 5.76 Å². The normalized spacial score (nSPS) is 16.9. The largest absolute Gasteiger partial charge is 0.507 e. The molecule has 1 atom stereocenters. The van der Waals surface area contributed by atoms with Gasteiger partial charge >= 0.3 is 5.91 Å². The van der Waals surface area contributed by atoms with E-state index in [1.54, 1.807) is 48.5 Å². The summed E-state index contributed by atoms with van der Waals surface area (Å²) in [6.07, 6.45) is 0. The van der Waals surface area contributed by atoms with Crippen LogP contribution in [0.1, 0.15) is 22.7 Å². The summed E-state index contributed by atoms with van der Waals surface area (Å²) in [4.78, 5) is 27.8. The van der Waals surface area contributed by atoms with E-state index in [0.29, 0.717) is 31.3 Å². The van der Waals surface area contributed by atoms with E-state index in [-0.39, 0.29) is 16.5 Å². The summed E-state index contributed by atoms with van der Waals surface area (Å²) in [5.74, 6) is -1.29. The lowest BCUT2D eigenvalue weighted by Crippen LogP contribution is -2.29. The minimum absolute atomic E-state index is 0.00382. The van der Waals surface area contributed by atoms with Gasteiger partial charge in [-0.3, -0.25) is 14.5 Å². The van der Waals surface area contributed by atoms with Gasteiger partial charge in [-0.2, -0.15) is 0 Å². The maximum atomic E-state index is 13.3. The second kappa shape index (κ2) is 11.0. The van der Waals surface area contributed by atoms with E-state index in [1.807, 2.05) is 24.3 Å². The van der Waals surface area contributed by atoms with Gasteiger partial charge in [-0.05, 0) is 35.4 Å². The summed E-state index contributed by atoms with van der Waals surface area (Å²) >= 11 is 18.2. The molecule has 37 heavy (non-hydrogen) atoms. The standard InChI is InChI=1S/C26H16BrCl2N3O3S2/c27-17-9-6-15(7-10-17)22(33)20-21(14-4-2-1-3-5-14)32(24(35)23(20)34)25-30-31-26(37-25)36-13-16-8-11-18(28)12-19(16)29/h1-12,21,33H,13H2/b22-20-. The number of aliphatic hydroxyl groups is 1. The molecule has 0 bridgehead atoms. The fourth-order valence-corrected chi connectivity index (χ4v) is 6.57. The van der Waals surface area contributed by atoms with Crippen molar-refractivity contribution in [3.63, 3.8) is 0 Å². The number of thioether (sulfide) groups is 1. The minimum atomic E-state index is -0.860. The highest BCUT2D eigenvalue weighted by atomic mass is 79.9. The molecule has 186 valence electrons. The number of aliphatic hydroxyl groups excluding tert-OH is 1. The molecule has 1 aromatic heterocycles. The number of benzene rings is 3. The van der Waals surface area contributed by atoms with E-state index >= 15 is 0 Å². The molecule has 1 fully saturated rings. The number of hydrogen-bond donors (Lipinski definition) is 1. The van der Waals surface area contributed by atoms with Crippen molar-refractivity contribution in [3.8, 4) is 0 Å². The van der Waals surface area contributed by atoms with Gasteiger partial charge in [0.2, 0.25) is 5.13 Å². The molecule has 5 rings (SSSR count). The average Bonchev–Trinajstić information content (AvgIpc) is 3.46. The summed E-state index contributed by atoms with van der Waals surface area (Å²) < 4.78 is 1.42. The van der Waals surface area contributed by atoms with Crippen molar-refractivity contribution in [2.75, 3.05) is 4.90 Å². The quantitative estimate of drug-likeness (QED) is 0.0778. The van der Waals surface area contributed by atoms with E-state index in [2.05, 4.69) is 26.1 Å². The van der Waals surface area contributed by atoms with Crippen LogP contribution < -0.4 is 4.90 Å². The second-order valence-corrected chi connectivity index (χ2v) is 11.9. The van der Waals surface area contributed by atoms with Crippen molar-refractivity contribution >= 4 is 84.8 Å². The number of carbonyl (C=O) groups excluding carboxylic acids is 2. The highest BCUT2D eigenvalue weighted by molar-refractivity contribution is 9.10. The van der Waals surface area contributed by atoms with Gasteiger partial charge < -0.3 is 5.11 Å². The first kappa shape index (κ1) is 25.9. The van der Waals surface area contributed by atoms with Crippen LogP contribution >= 0.6 is 62.2 Å². The molecule has 1 amide bonds. The van der Waals surface area contributed by atoms with Crippen molar-refractivity contribution in [2.24, 2.45) is 0 Å². The number of carbonyl (C=O) groups is 2. The zero-order valence-electron chi connectivity index (χ0n) is 18.8. The van der Waals surface area contributed by atoms with Crippen molar-refractivity contribution in [1.29, 1.82) is 0 Å². The van der Waals surface area contributed by atoms with Gasteiger partial charge in [0.05, 0.1) is 11.6 Å². The summed E-state index contributed by atoms with van der Waals surface area (Å²) in [6, 6.07) is 20.4. The number of Topliss-reactive ketones (excluding diaryl/α,β-unsaturated/α-hetero) is 1. The fourth-order valence-electron chi connectivity index (χ4n) is 3.88. The fraction of sp³-hybridized carbons (Fsp3) is 0.0769. The summed E-state index contributed by atoms with van der Waals surface area (Å²) in [7, 11) is 0. The third kappa shape index (κ3) is 5.32. The van der Waals surface area contributed by atoms with Crippen LogP contribution in [0.3, 0.4) is 0 Å². The molecule has 0 saturated carbocycles. The molecule has 11 heteroatoms. The van der Waals surface area contributed by atoms with Crippen LogP contribution in [0.4, 0.5) is 5.13 Å². The zero-order valence-corrected chi connectivity index (χ0v) is 23.5. The first-order valence-corrected chi connectivity index (χ1v) is 14.2. The van der Waals surface area contributed by atoms with E-state index in [9.17, 15) is 14.7 Å². The van der Waals surface area contributed by atoms with Crippen molar-refractivity contribution in [1.82, 2.24) is 10.2 Å². The number of nitrogens with zero attached hydrogens (tertiary/aromatic N) is 3. The van der Waals surface area contributed by atoms with Crippen LogP contribution in [0.5, 0.6) is 0 Å². The van der Waals surface area contributed by atoms with Gasteiger partial charge in [-0.15, -0.1) is 10.2 Å². The Morgan fingerprint density at radius 1 is 1.03 bits per heavy atom. The molecule has 1 N–H and O–H groups in total. The number of amides is 1. The molecule has 1 aliphatic rings. The van der Waals surface area contributed by atoms with Crippen molar-refractivity contribution in [3.05, 3.63) is 110 Å². The molecule has 0 spiro atoms. The Morgan fingerprint density at radius 3 is 2.46 bits per heavy atom. The molecule has 3 aromatic carbocycles. The second-order valence-electron chi connectivity index (χ2n) is 7.96. The number of aromatic nitrogens is 2. The Morgan fingerprint density at radius 2 is 1.76 bits per heavy atom. The molecule has 0 radical (unpaired) electrons. The van der Waals surface area contributed by atoms with Gasteiger partial charge in [-0.25, -0.2) is 0 Å². The van der Waals surface area contributed by atoms with Gasteiger partial charge in [0.1, 0.15) is 5.76 Å². The van der Waals surface area contributed by atoms with Crippen LogP contribution in [0.2, 0.25) is 10.0 Å². The molecule has 2 heterocycles. The summed E-state index contributed by atoms with van der Waals surface area (Å²) in [5.41, 5.74) is 1.97. The third-order valence-electron chi connectivity index (χ3n) is 5.65. The lowest BCUT2D eigenvalue weighted by atomic mass is 9.95. The van der Waals surface area contributed by atoms with E-state index in [4.69, 9.17) is 23.2 Å². The Bertz CT molecular complexity index is 1530. The number of hydrogen-bond acceptors (Lipinski definition) is 7. The Labute approximate surface area is 239 Å². The van der Waals surface area contributed by atoms with E-state index in [0.717, 1.165) is 10.0 Å². The first-order chi connectivity index (χ1) is 17.8. The molecule has 4 aromatic rings. The first-order valence-electron chi connectivity index (χ1n) is 10.9. The minimum Gasteiger partial charge on any atom is -0.507 e. The predicted octanol–water partition coefficient (Wildman–Crippen LogP) is 7.53. The highest BCUT2D eigenvalue weighted by Gasteiger charge is 2.48. The van der Waals surface area contributed by atoms with Gasteiger partial charge in [0, 0.05) is 25.8 Å². The zero-order chi connectivity index (χ0) is 26.1. The van der Waals surface area contributed by atoms with E-state index < -0.39 is 17.7 Å². The number of rotatable bonds is 6. The molecule has 6 nitrogen and oxygen atoms in total. The number of halogens is 3. The molecule has 0 aliphatic carbocycles. The summed E-state index contributed by atoms with van der Waals surface area (Å²) in [6.45, 7) is 0. The Hall–Kier alpha value is -2.69. The Balaban J connectivity index is 1.51. The highest BCUT2D eigenvalue weighted by Crippen LogP contribution is 2.44. The van der Waals surface area contributed by atoms with Crippen LogP contribution in [-0.2, 0) is 15.3 Å². The van der Waals surface area contributed by atoms with Crippen LogP contribution in [0, 0.1) is 0 Å². The lowest BCUT2D eigenvalue weighted by Gasteiger charge is -2.22. The molecular weight excluding hydrogens is 617 g/mol. The smallest absolute Gasteiger partial charge is 0.301 e. The molecule has 1 saturated heterocycles. The average molecular weight is 633 g/mol.